The molecule has 1 heterocycles. The predicted octanol–water partition coefficient (Wildman–Crippen LogP) is 2.00. The number of carbonyl (C=O) groups is 3. The number of carbonyl (C=O) groups excluding carboxylic acids is 3. The Morgan fingerprint density at radius 3 is 2.62 bits per heavy atom. The summed E-state index contributed by atoms with van der Waals surface area (Å²) in [6, 6.07) is 5.19. The van der Waals surface area contributed by atoms with Crippen LogP contribution in [0.15, 0.2) is 23.1 Å². The Hall–Kier alpha value is -2.48. The van der Waals surface area contributed by atoms with Crippen molar-refractivity contribution in [3.05, 3.63) is 28.7 Å². The van der Waals surface area contributed by atoms with Gasteiger partial charge in [0.05, 0.1) is 18.1 Å². The number of rotatable bonds is 6. The van der Waals surface area contributed by atoms with Gasteiger partial charge in [0.1, 0.15) is 6.54 Å². The predicted molar refractivity (Wildman–Crippen MR) is 90.6 cm³/mol. The second-order valence-corrected chi connectivity index (χ2v) is 6.30. The van der Waals surface area contributed by atoms with Crippen molar-refractivity contribution in [2.45, 2.75) is 20.0 Å². The summed E-state index contributed by atoms with van der Waals surface area (Å²) in [6.45, 7) is 3.39. The highest BCUT2D eigenvalue weighted by Gasteiger charge is 2.35. The second kappa shape index (κ2) is 7.39. The third-order valence-electron chi connectivity index (χ3n) is 3.04. The zero-order valence-corrected chi connectivity index (χ0v) is 14.4. The summed E-state index contributed by atoms with van der Waals surface area (Å²) >= 11 is 0.766. The Bertz CT molecular complexity index is 714. The van der Waals surface area contributed by atoms with Gasteiger partial charge in [-0.05, 0) is 49.4 Å². The van der Waals surface area contributed by atoms with E-state index in [0.717, 1.165) is 16.7 Å². The number of nitrogens with two attached hydrogens (primary N) is 1. The first kappa shape index (κ1) is 17.9. The number of hydrogen-bond donors (Lipinski definition) is 1. The van der Waals surface area contributed by atoms with Crippen molar-refractivity contribution >= 4 is 34.9 Å². The first-order chi connectivity index (χ1) is 11.3. The van der Waals surface area contributed by atoms with Gasteiger partial charge in [0.15, 0.2) is 11.5 Å². The minimum Gasteiger partial charge on any atom is -0.493 e. The summed E-state index contributed by atoms with van der Waals surface area (Å²) in [7, 11) is 1.52. The monoisotopic (exact) mass is 350 g/mol. The molecule has 3 amide bonds. The molecule has 128 valence electrons. The fourth-order valence-electron chi connectivity index (χ4n) is 2.07. The molecule has 8 heteroatoms. The van der Waals surface area contributed by atoms with Crippen LogP contribution in [-0.2, 0) is 9.59 Å². The average Bonchev–Trinajstić information content (AvgIpc) is 2.75. The van der Waals surface area contributed by atoms with Gasteiger partial charge < -0.3 is 15.2 Å². The molecule has 1 fully saturated rings. The van der Waals surface area contributed by atoms with Crippen molar-refractivity contribution in [2.75, 3.05) is 13.7 Å². The van der Waals surface area contributed by atoms with Gasteiger partial charge in [0, 0.05) is 0 Å². The molecule has 0 radical (unpaired) electrons. The van der Waals surface area contributed by atoms with Gasteiger partial charge in [-0.2, -0.15) is 0 Å². The van der Waals surface area contributed by atoms with Crippen LogP contribution < -0.4 is 15.2 Å². The molecule has 2 rings (SSSR count). The van der Waals surface area contributed by atoms with Crippen LogP contribution in [-0.4, -0.2) is 41.7 Å². The number of methoxy groups -OCH3 is 1. The topological polar surface area (TPSA) is 98.9 Å². The Morgan fingerprint density at radius 1 is 1.33 bits per heavy atom. The maximum Gasteiger partial charge on any atom is 0.294 e. The van der Waals surface area contributed by atoms with Crippen molar-refractivity contribution in [3.8, 4) is 11.5 Å². The maximum absolute atomic E-state index is 12.2. The number of primary amides is 1. The van der Waals surface area contributed by atoms with Crippen LogP contribution in [0, 0.1) is 0 Å². The summed E-state index contributed by atoms with van der Waals surface area (Å²) in [5, 5.41) is -0.517. The van der Waals surface area contributed by atoms with E-state index in [4.69, 9.17) is 15.2 Å². The smallest absolute Gasteiger partial charge is 0.294 e. The number of amides is 3. The van der Waals surface area contributed by atoms with E-state index < -0.39 is 23.6 Å². The molecule has 1 saturated heterocycles. The fraction of sp³-hybridized carbons (Fsp3) is 0.312. The van der Waals surface area contributed by atoms with Crippen molar-refractivity contribution < 1.29 is 23.9 Å². The normalized spacial score (nSPS) is 16.2. The summed E-state index contributed by atoms with van der Waals surface area (Å²) in [4.78, 5) is 36.0. The zero-order chi connectivity index (χ0) is 17.9. The molecule has 7 nitrogen and oxygen atoms in total. The van der Waals surface area contributed by atoms with Crippen molar-refractivity contribution in [1.82, 2.24) is 4.90 Å². The van der Waals surface area contributed by atoms with E-state index in [-0.39, 0.29) is 11.0 Å². The Labute approximate surface area is 143 Å². The minimum atomic E-state index is -0.740. The highest BCUT2D eigenvalue weighted by Crippen LogP contribution is 2.34. The number of nitrogens with zero attached hydrogens (tertiary/aromatic N) is 1. The van der Waals surface area contributed by atoms with Crippen molar-refractivity contribution in [1.29, 1.82) is 0 Å². The van der Waals surface area contributed by atoms with E-state index in [9.17, 15) is 14.4 Å². The lowest BCUT2D eigenvalue weighted by molar-refractivity contribution is -0.127. The van der Waals surface area contributed by atoms with Crippen molar-refractivity contribution in [2.24, 2.45) is 5.73 Å². The number of imide groups is 1. The average molecular weight is 350 g/mol. The molecule has 24 heavy (non-hydrogen) atoms. The standard InChI is InChI=1S/C16H18N2O5S/c1-9(2)23-11-5-4-10(6-12(11)22-3)7-13-15(20)18(8-14(17)19)16(21)24-13/h4-7,9H,8H2,1-3H3,(H2,17,19)/b13-7-. The quantitative estimate of drug-likeness (QED) is 0.788. The van der Waals surface area contributed by atoms with E-state index in [0.29, 0.717) is 17.1 Å². The molecule has 0 spiro atoms. The van der Waals surface area contributed by atoms with Gasteiger partial charge in [-0.15, -0.1) is 0 Å². The van der Waals surface area contributed by atoms with Gasteiger partial charge in [-0.25, -0.2) is 0 Å². The van der Waals surface area contributed by atoms with Crippen LogP contribution in [0.25, 0.3) is 6.08 Å². The summed E-state index contributed by atoms with van der Waals surface area (Å²) in [5.74, 6) is -0.166. The van der Waals surface area contributed by atoms with E-state index in [1.165, 1.54) is 7.11 Å². The summed E-state index contributed by atoms with van der Waals surface area (Å²) in [5.41, 5.74) is 5.72. The summed E-state index contributed by atoms with van der Waals surface area (Å²) in [6.07, 6.45) is 1.56. The third-order valence-corrected chi connectivity index (χ3v) is 3.94. The van der Waals surface area contributed by atoms with Gasteiger partial charge in [-0.3, -0.25) is 19.3 Å². The number of thioether (sulfide) groups is 1. The molecule has 0 aromatic heterocycles. The van der Waals surface area contributed by atoms with E-state index in [1.54, 1.807) is 24.3 Å². The van der Waals surface area contributed by atoms with Crippen LogP contribution in [0.5, 0.6) is 11.5 Å². The van der Waals surface area contributed by atoms with E-state index >= 15 is 0 Å². The number of benzene rings is 1. The highest BCUT2D eigenvalue weighted by atomic mass is 32.2. The maximum atomic E-state index is 12.2. The number of ether oxygens (including phenoxy) is 2. The molecule has 0 atom stereocenters. The first-order valence-electron chi connectivity index (χ1n) is 7.20. The summed E-state index contributed by atoms with van der Waals surface area (Å²) < 4.78 is 10.9. The molecule has 1 aromatic carbocycles. The van der Waals surface area contributed by atoms with E-state index in [1.807, 2.05) is 13.8 Å². The molecule has 1 aliphatic heterocycles. The van der Waals surface area contributed by atoms with Crippen molar-refractivity contribution in [3.63, 3.8) is 0 Å². The molecule has 0 unspecified atom stereocenters. The van der Waals surface area contributed by atoms with Gasteiger partial charge in [-0.1, -0.05) is 6.07 Å². The lowest BCUT2D eigenvalue weighted by Gasteiger charge is -2.13. The molecule has 0 aliphatic carbocycles. The second-order valence-electron chi connectivity index (χ2n) is 5.31. The molecule has 0 saturated carbocycles. The zero-order valence-electron chi connectivity index (χ0n) is 13.6. The van der Waals surface area contributed by atoms with Gasteiger partial charge in [0.25, 0.3) is 11.1 Å². The fourth-order valence-corrected chi connectivity index (χ4v) is 2.91. The number of hydrogen-bond acceptors (Lipinski definition) is 6. The Morgan fingerprint density at radius 2 is 2.04 bits per heavy atom. The van der Waals surface area contributed by atoms with Crippen LogP contribution in [0.2, 0.25) is 0 Å². The van der Waals surface area contributed by atoms with E-state index in [2.05, 4.69) is 0 Å². The lowest BCUT2D eigenvalue weighted by atomic mass is 10.2. The molecule has 0 bridgehead atoms. The van der Waals surface area contributed by atoms with Crippen LogP contribution in [0.4, 0.5) is 4.79 Å². The molecule has 1 aromatic rings. The van der Waals surface area contributed by atoms with Gasteiger partial charge in [0.2, 0.25) is 5.91 Å². The third kappa shape index (κ3) is 4.08. The largest absolute Gasteiger partial charge is 0.493 e. The van der Waals surface area contributed by atoms with Crippen LogP contribution >= 0.6 is 11.8 Å². The van der Waals surface area contributed by atoms with Crippen LogP contribution in [0.3, 0.4) is 0 Å². The Balaban J connectivity index is 2.26. The van der Waals surface area contributed by atoms with Crippen LogP contribution in [0.1, 0.15) is 19.4 Å². The molecular formula is C16H18N2O5S. The first-order valence-corrected chi connectivity index (χ1v) is 8.02. The molecule has 1 aliphatic rings. The molecule has 2 N–H and O–H groups in total. The van der Waals surface area contributed by atoms with Gasteiger partial charge >= 0.3 is 0 Å². The highest BCUT2D eigenvalue weighted by molar-refractivity contribution is 8.18. The SMILES string of the molecule is COc1cc(/C=C2\SC(=O)N(CC(N)=O)C2=O)ccc1OC(C)C. The Kier molecular flexibility index (Phi) is 5.50. The molecular weight excluding hydrogens is 332 g/mol. The lowest BCUT2D eigenvalue weighted by Crippen LogP contribution is -2.36. The minimum absolute atomic E-state index is 0.00458.